The van der Waals surface area contributed by atoms with E-state index in [2.05, 4.69) is 5.10 Å². The number of hydrogen-bond acceptors (Lipinski definition) is 5. The predicted molar refractivity (Wildman–Crippen MR) is 127 cm³/mol. The smallest absolute Gasteiger partial charge is 0.254 e. The molecule has 0 atom stereocenters. The number of nitrogens with zero attached hydrogens (tertiary/aromatic N) is 4. The van der Waals surface area contributed by atoms with Gasteiger partial charge in [0.2, 0.25) is 0 Å². The number of benzene rings is 2. The molecule has 1 aliphatic rings. The van der Waals surface area contributed by atoms with E-state index in [1.165, 1.54) is 12.1 Å². The van der Waals surface area contributed by atoms with E-state index in [9.17, 15) is 9.18 Å². The molecule has 2 aromatic carbocycles. The van der Waals surface area contributed by atoms with Crippen LogP contribution in [0.5, 0.6) is 11.5 Å². The van der Waals surface area contributed by atoms with Crippen molar-refractivity contribution in [2.75, 3.05) is 20.3 Å². The van der Waals surface area contributed by atoms with E-state index >= 15 is 0 Å². The summed E-state index contributed by atoms with van der Waals surface area (Å²) in [5, 5.41) is 5.16. The number of amides is 1. The third kappa shape index (κ3) is 4.07. The zero-order chi connectivity index (χ0) is 23.8. The monoisotopic (exact) mass is 460 g/mol. The summed E-state index contributed by atoms with van der Waals surface area (Å²) in [6.07, 6.45) is 1.68. The molecule has 0 saturated heterocycles. The molecule has 3 heterocycles. The van der Waals surface area contributed by atoms with Gasteiger partial charge in [-0.05, 0) is 55.8 Å². The van der Waals surface area contributed by atoms with Crippen LogP contribution in [0.15, 0.2) is 54.7 Å². The highest BCUT2D eigenvalue weighted by Gasteiger charge is 2.22. The summed E-state index contributed by atoms with van der Waals surface area (Å²) >= 11 is 0. The van der Waals surface area contributed by atoms with Crippen LogP contribution in [-0.4, -0.2) is 45.8 Å². The van der Waals surface area contributed by atoms with Gasteiger partial charge in [0, 0.05) is 25.2 Å². The van der Waals surface area contributed by atoms with Crippen LogP contribution in [0.25, 0.3) is 22.3 Å². The normalized spacial score (nSPS) is 12.9. The summed E-state index contributed by atoms with van der Waals surface area (Å²) < 4.78 is 26.8. The topological polar surface area (TPSA) is 69.5 Å². The second kappa shape index (κ2) is 8.78. The highest BCUT2D eigenvalue weighted by Crippen LogP contribution is 2.35. The zero-order valence-electron chi connectivity index (χ0n) is 19.3. The van der Waals surface area contributed by atoms with Gasteiger partial charge in [-0.15, -0.1) is 0 Å². The van der Waals surface area contributed by atoms with Crippen LogP contribution < -0.4 is 9.47 Å². The zero-order valence-corrected chi connectivity index (χ0v) is 19.3. The molecule has 2 aromatic heterocycles. The molecule has 34 heavy (non-hydrogen) atoms. The first-order valence-corrected chi connectivity index (χ1v) is 11.2. The third-order valence-electron chi connectivity index (χ3n) is 5.78. The molecule has 0 bridgehead atoms. The first-order valence-electron chi connectivity index (χ1n) is 11.2. The molecule has 174 valence electrons. The minimum atomic E-state index is -0.330. The lowest BCUT2D eigenvalue weighted by atomic mass is 10.0. The Labute approximate surface area is 196 Å². The predicted octanol–water partition coefficient (Wildman–Crippen LogP) is 4.86. The van der Waals surface area contributed by atoms with Crippen molar-refractivity contribution in [1.82, 2.24) is 19.7 Å². The van der Waals surface area contributed by atoms with Gasteiger partial charge in [-0.3, -0.25) is 4.79 Å². The summed E-state index contributed by atoms with van der Waals surface area (Å²) in [6, 6.07) is 13.7. The highest BCUT2D eigenvalue weighted by molar-refractivity contribution is 6.06. The van der Waals surface area contributed by atoms with E-state index in [1.807, 2.05) is 32.0 Å². The van der Waals surface area contributed by atoms with Crippen molar-refractivity contribution in [3.8, 4) is 22.8 Å². The van der Waals surface area contributed by atoms with Crippen molar-refractivity contribution >= 4 is 16.9 Å². The van der Waals surface area contributed by atoms with Crippen molar-refractivity contribution in [2.45, 2.75) is 26.4 Å². The molecular formula is C26H25FN4O3. The van der Waals surface area contributed by atoms with E-state index in [1.54, 1.807) is 41.0 Å². The fourth-order valence-corrected chi connectivity index (χ4v) is 4.11. The van der Waals surface area contributed by atoms with E-state index in [-0.39, 0.29) is 24.3 Å². The van der Waals surface area contributed by atoms with E-state index in [4.69, 9.17) is 14.5 Å². The molecule has 0 fully saturated rings. The molecule has 0 aliphatic carbocycles. The minimum Gasteiger partial charge on any atom is -0.486 e. The largest absolute Gasteiger partial charge is 0.486 e. The van der Waals surface area contributed by atoms with Crippen LogP contribution in [0, 0.1) is 5.82 Å². The average molecular weight is 461 g/mol. The molecule has 0 spiro atoms. The van der Waals surface area contributed by atoms with Gasteiger partial charge in [-0.25, -0.2) is 14.1 Å². The Morgan fingerprint density at radius 3 is 2.68 bits per heavy atom. The average Bonchev–Trinajstić information content (AvgIpc) is 3.27. The van der Waals surface area contributed by atoms with Crippen molar-refractivity contribution in [3.63, 3.8) is 0 Å². The molecule has 0 radical (unpaired) electrons. The van der Waals surface area contributed by atoms with Gasteiger partial charge in [0.1, 0.15) is 19.0 Å². The lowest BCUT2D eigenvalue weighted by Gasteiger charge is -2.20. The van der Waals surface area contributed by atoms with Crippen LogP contribution in [-0.2, 0) is 6.54 Å². The molecule has 0 unspecified atom stereocenters. The molecule has 7 nitrogen and oxygen atoms in total. The van der Waals surface area contributed by atoms with Gasteiger partial charge in [-0.2, -0.15) is 5.10 Å². The minimum absolute atomic E-state index is 0.0634. The van der Waals surface area contributed by atoms with Gasteiger partial charge >= 0.3 is 0 Å². The second-order valence-corrected chi connectivity index (χ2v) is 8.62. The van der Waals surface area contributed by atoms with Crippen LogP contribution in [0.4, 0.5) is 4.39 Å². The standard InChI is InChI=1S/C26H25FN4O3/c1-16(2)31-25-21(14-28-31)20(26(32)30(3)15-17-5-4-6-19(27)11-17)13-22(29-25)18-7-8-23-24(12-18)34-10-9-33-23/h4-8,11-14,16H,9-10,15H2,1-3H3. The molecular weight excluding hydrogens is 435 g/mol. The number of carbonyl (C=O) groups is 1. The van der Waals surface area contributed by atoms with Gasteiger partial charge in [0.05, 0.1) is 22.8 Å². The fourth-order valence-electron chi connectivity index (χ4n) is 4.11. The van der Waals surface area contributed by atoms with Crippen molar-refractivity contribution in [1.29, 1.82) is 0 Å². The second-order valence-electron chi connectivity index (χ2n) is 8.62. The highest BCUT2D eigenvalue weighted by atomic mass is 19.1. The molecule has 4 aromatic rings. The number of fused-ring (bicyclic) bond motifs is 2. The van der Waals surface area contributed by atoms with Crippen molar-refractivity contribution < 1.29 is 18.7 Å². The van der Waals surface area contributed by atoms with Crippen molar-refractivity contribution in [2.24, 2.45) is 0 Å². The van der Waals surface area contributed by atoms with E-state index in [0.29, 0.717) is 52.6 Å². The summed E-state index contributed by atoms with van der Waals surface area (Å²) in [4.78, 5) is 20.0. The first-order chi connectivity index (χ1) is 16.4. The van der Waals surface area contributed by atoms with Crippen LogP contribution in [0.2, 0.25) is 0 Å². The molecule has 1 aliphatic heterocycles. The maximum atomic E-state index is 13.6. The van der Waals surface area contributed by atoms with Crippen LogP contribution >= 0.6 is 0 Å². The third-order valence-corrected chi connectivity index (χ3v) is 5.78. The number of ether oxygens (including phenoxy) is 2. The Balaban J connectivity index is 1.58. The summed E-state index contributed by atoms with van der Waals surface area (Å²) in [7, 11) is 1.70. The Morgan fingerprint density at radius 2 is 1.91 bits per heavy atom. The Bertz CT molecular complexity index is 1380. The van der Waals surface area contributed by atoms with Gasteiger partial charge in [-0.1, -0.05) is 12.1 Å². The van der Waals surface area contributed by atoms with Gasteiger partial charge in [0.15, 0.2) is 17.1 Å². The molecule has 1 amide bonds. The lowest BCUT2D eigenvalue weighted by Crippen LogP contribution is -2.26. The summed E-state index contributed by atoms with van der Waals surface area (Å²) in [6.45, 7) is 5.31. The molecule has 0 N–H and O–H groups in total. The lowest BCUT2D eigenvalue weighted by molar-refractivity contribution is 0.0787. The van der Waals surface area contributed by atoms with Crippen LogP contribution in [0.3, 0.4) is 0 Å². The number of halogens is 1. The number of carbonyl (C=O) groups excluding carboxylic acids is 1. The SMILES string of the molecule is CC(C)n1ncc2c(C(=O)N(C)Cc3cccc(F)c3)cc(-c3ccc4c(c3)OCCO4)nc21. The summed E-state index contributed by atoms with van der Waals surface area (Å²) in [5.41, 5.74) is 3.27. The number of hydrogen-bond donors (Lipinski definition) is 0. The van der Waals surface area contributed by atoms with Crippen molar-refractivity contribution in [3.05, 3.63) is 71.7 Å². The molecule has 5 rings (SSSR count). The number of pyridine rings is 1. The van der Waals surface area contributed by atoms with E-state index < -0.39 is 0 Å². The fraction of sp³-hybridized carbons (Fsp3) is 0.269. The molecule has 0 saturated carbocycles. The molecule has 8 heteroatoms. The Morgan fingerprint density at radius 1 is 1.12 bits per heavy atom. The Kier molecular flexibility index (Phi) is 5.65. The Hall–Kier alpha value is -3.94. The number of rotatable bonds is 5. The van der Waals surface area contributed by atoms with Gasteiger partial charge < -0.3 is 14.4 Å². The van der Waals surface area contributed by atoms with E-state index in [0.717, 1.165) is 5.56 Å². The quantitative estimate of drug-likeness (QED) is 0.425. The van der Waals surface area contributed by atoms with Crippen LogP contribution in [0.1, 0.15) is 35.8 Å². The maximum Gasteiger partial charge on any atom is 0.254 e. The van der Waals surface area contributed by atoms with Gasteiger partial charge in [0.25, 0.3) is 5.91 Å². The number of aromatic nitrogens is 3. The maximum absolute atomic E-state index is 13.6. The first kappa shape index (κ1) is 21.9. The summed E-state index contributed by atoms with van der Waals surface area (Å²) in [5.74, 6) is 0.816.